The second kappa shape index (κ2) is 6.97. The van der Waals surface area contributed by atoms with Gasteiger partial charge in [-0.05, 0) is 25.8 Å². The number of nitrogens with zero attached hydrogens (tertiary/aromatic N) is 1. The van der Waals surface area contributed by atoms with Gasteiger partial charge in [0, 0.05) is 25.6 Å². The fourth-order valence-corrected chi connectivity index (χ4v) is 2.09. The number of rotatable bonds is 5. The Hall–Kier alpha value is -0.780. The first-order chi connectivity index (χ1) is 8.42. The molecule has 1 N–H and O–H groups in total. The van der Waals surface area contributed by atoms with Crippen LogP contribution >= 0.6 is 0 Å². The van der Waals surface area contributed by atoms with E-state index >= 15 is 0 Å². The summed E-state index contributed by atoms with van der Waals surface area (Å²) in [6.07, 6.45) is -2.95. The second-order valence-electron chi connectivity index (χ2n) is 4.72. The molecular formula is C12H21F3N2O. The molecule has 3 nitrogen and oxygen atoms in total. The van der Waals surface area contributed by atoms with Gasteiger partial charge in [0.1, 0.15) is 0 Å². The van der Waals surface area contributed by atoms with E-state index < -0.39 is 19.0 Å². The third-order valence-corrected chi connectivity index (χ3v) is 3.15. The maximum absolute atomic E-state index is 12.0. The molecule has 1 saturated heterocycles. The molecule has 0 unspecified atom stereocenters. The SMILES string of the molecule is CCCNC1CCN(C(=O)CCC(F)(F)F)CC1. The van der Waals surface area contributed by atoms with Crippen molar-refractivity contribution in [3.8, 4) is 0 Å². The van der Waals surface area contributed by atoms with Crippen molar-refractivity contribution in [2.75, 3.05) is 19.6 Å². The summed E-state index contributed by atoms with van der Waals surface area (Å²) in [6, 6.07) is 0.400. The molecule has 0 spiro atoms. The van der Waals surface area contributed by atoms with Crippen LogP contribution in [0.1, 0.15) is 39.0 Å². The fourth-order valence-electron chi connectivity index (χ4n) is 2.09. The van der Waals surface area contributed by atoms with Gasteiger partial charge in [0.05, 0.1) is 6.42 Å². The van der Waals surface area contributed by atoms with Crippen LogP contribution in [0.3, 0.4) is 0 Å². The zero-order chi connectivity index (χ0) is 13.6. The molecule has 0 aromatic heterocycles. The Bertz CT molecular complexity index is 261. The van der Waals surface area contributed by atoms with Gasteiger partial charge in [0.15, 0.2) is 0 Å². The van der Waals surface area contributed by atoms with Crippen molar-refractivity contribution in [2.24, 2.45) is 0 Å². The second-order valence-corrected chi connectivity index (χ2v) is 4.72. The van der Waals surface area contributed by atoms with E-state index in [1.807, 2.05) is 0 Å². The van der Waals surface area contributed by atoms with Gasteiger partial charge < -0.3 is 10.2 Å². The highest BCUT2D eigenvalue weighted by Crippen LogP contribution is 2.22. The summed E-state index contributed by atoms with van der Waals surface area (Å²) in [6.45, 7) is 4.17. The minimum absolute atomic E-state index is 0.374. The van der Waals surface area contributed by atoms with Gasteiger partial charge in [-0.15, -0.1) is 0 Å². The lowest BCUT2D eigenvalue weighted by molar-refractivity contribution is -0.149. The normalized spacial score (nSPS) is 18.1. The Balaban J connectivity index is 2.23. The molecule has 1 amide bonds. The molecule has 0 saturated carbocycles. The molecule has 1 aliphatic rings. The first-order valence-electron chi connectivity index (χ1n) is 6.50. The number of nitrogens with one attached hydrogen (secondary N) is 1. The number of hydrogen-bond acceptors (Lipinski definition) is 2. The molecule has 18 heavy (non-hydrogen) atoms. The molecule has 1 aliphatic heterocycles. The number of amides is 1. The van der Waals surface area contributed by atoms with Crippen LogP contribution in [0.5, 0.6) is 0 Å². The van der Waals surface area contributed by atoms with Crippen molar-refractivity contribution in [3.05, 3.63) is 0 Å². The molecule has 1 heterocycles. The monoisotopic (exact) mass is 266 g/mol. The molecule has 106 valence electrons. The Morgan fingerprint density at radius 1 is 1.33 bits per heavy atom. The zero-order valence-corrected chi connectivity index (χ0v) is 10.7. The van der Waals surface area contributed by atoms with Crippen molar-refractivity contribution >= 4 is 5.91 Å². The largest absolute Gasteiger partial charge is 0.389 e. The maximum Gasteiger partial charge on any atom is 0.389 e. The van der Waals surface area contributed by atoms with Crippen LogP contribution in [0.4, 0.5) is 13.2 Å². The minimum Gasteiger partial charge on any atom is -0.343 e. The molecule has 1 fully saturated rings. The van der Waals surface area contributed by atoms with Crippen LogP contribution in [0.25, 0.3) is 0 Å². The average Bonchev–Trinajstić information content (AvgIpc) is 2.33. The third kappa shape index (κ3) is 5.71. The maximum atomic E-state index is 12.0. The third-order valence-electron chi connectivity index (χ3n) is 3.15. The summed E-state index contributed by atoms with van der Waals surface area (Å²) in [7, 11) is 0. The molecule has 1 rings (SSSR count). The summed E-state index contributed by atoms with van der Waals surface area (Å²) in [5, 5.41) is 3.37. The van der Waals surface area contributed by atoms with Crippen LogP contribution in [0, 0.1) is 0 Å². The van der Waals surface area contributed by atoms with Crippen LogP contribution in [-0.4, -0.2) is 42.7 Å². The Labute approximate surface area is 106 Å². The average molecular weight is 266 g/mol. The molecule has 0 aromatic carbocycles. The quantitative estimate of drug-likeness (QED) is 0.828. The number of carbonyl (C=O) groups excluding carboxylic acids is 1. The first kappa shape index (κ1) is 15.3. The van der Waals surface area contributed by atoms with Crippen LogP contribution in [-0.2, 0) is 4.79 Å². The van der Waals surface area contributed by atoms with Crippen molar-refractivity contribution in [2.45, 2.75) is 51.2 Å². The molecule has 0 aromatic rings. The van der Waals surface area contributed by atoms with E-state index in [1.165, 1.54) is 0 Å². The lowest BCUT2D eigenvalue weighted by Gasteiger charge is -2.32. The first-order valence-corrected chi connectivity index (χ1v) is 6.50. The highest BCUT2D eigenvalue weighted by molar-refractivity contribution is 5.76. The molecule has 0 aliphatic carbocycles. The van der Waals surface area contributed by atoms with Gasteiger partial charge in [0.25, 0.3) is 0 Å². The highest BCUT2D eigenvalue weighted by Gasteiger charge is 2.30. The number of alkyl halides is 3. The lowest BCUT2D eigenvalue weighted by Crippen LogP contribution is -2.45. The lowest BCUT2D eigenvalue weighted by atomic mass is 10.0. The van der Waals surface area contributed by atoms with E-state index in [1.54, 1.807) is 4.90 Å². The zero-order valence-electron chi connectivity index (χ0n) is 10.7. The molecule has 0 radical (unpaired) electrons. The van der Waals surface area contributed by atoms with Gasteiger partial charge in [-0.1, -0.05) is 6.92 Å². The fraction of sp³-hybridized carbons (Fsp3) is 0.917. The summed E-state index contributed by atoms with van der Waals surface area (Å²) in [5.41, 5.74) is 0. The van der Waals surface area contributed by atoms with Crippen molar-refractivity contribution in [3.63, 3.8) is 0 Å². The predicted molar refractivity (Wildman–Crippen MR) is 63.2 cm³/mol. The van der Waals surface area contributed by atoms with Crippen molar-refractivity contribution in [1.29, 1.82) is 0 Å². The van der Waals surface area contributed by atoms with E-state index in [0.717, 1.165) is 25.8 Å². The summed E-state index contributed by atoms with van der Waals surface area (Å²) in [5.74, 6) is -0.374. The Kier molecular flexibility index (Phi) is 5.91. The van der Waals surface area contributed by atoms with Gasteiger partial charge in [0.2, 0.25) is 5.91 Å². The number of halogens is 3. The van der Waals surface area contributed by atoms with Crippen molar-refractivity contribution < 1.29 is 18.0 Å². The van der Waals surface area contributed by atoms with E-state index in [4.69, 9.17) is 0 Å². The Morgan fingerprint density at radius 2 is 1.94 bits per heavy atom. The van der Waals surface area contributed by atoms with Crippen LogP contribution in [0.2, 0.25) is 0 Å². The Morgan fingerprint density at radius 3 is 2.44 bits per heavy atom. The topological polar surface area (TPSA) is 32.3 Å². The standard InChI is InChI=1S/C12H21F3N2O/c1-2-7-16-10-4-8-17(9-5-10)11(18)3-6-12(13,14)15/h10,16H,2-9H2,1H3. The summed E-state index contributed by atoms with van der Waals surface area (Å²) >= 11 is 0. The van der Waals surface area contributed by atoms with E-state index in [2.05, 4.69) is 12.2 Å². The van der Waals surface area contributed by atoms with Gasteiger partial charge in [-0.2, -0.15) is 13.2 Å². The van der Waals surface area contributed by atoms with Gasteiger partial charge in [-0.3, -0.25) is 4.79 Å². The van der Waals surface area contributed by atoms with Gasteiger partial charge in [-0.25, -0.2) is 0 Å². The minimum atomic E-state index is -4.24. The van der Waals surface area contributed by atoms with E-state index in [9.17, 15) is 18.0 Å². The molecule has 0 atom stereocenters. The molecule has 6 heteroatoms. The van der Waals surface area contributed by atoms with Crippen molar-refractivity contribution in [1.82, 2.24) is 10.2 Å². The van der Waals surface area contributed by atoms with E-state index in [-0.39, 0.29) is 5.91 Å². The molecular weight excluding hydrogens is 245 g/mol. The molecule has 0 bridgehead atoms. The highest BCUT2D eigenvalue weighted by atomic mass is 19.4. The predicted octanol–water partition coefficient (Wildman–Crippen LogP) is 2.32. The number of likely N-dealkylation sites (tertiary alicyclic amines) is 1. The number of carbonyl (C=O) groups is 1. The smallest absolute Gasteiger partial charge is 0.343 e. The number of hydrogen-bond donors (Lipinski definition) is 1. The van der Waals surface area contributed by atoms with Crippen LogP contribution in [0.15, 0.2) is 0 Å². The van der Waals surface area contributed by atoms with E-state index in [0.29, 0.717) is 19.1 Å². The van der Waals surface area contributed by atoms with Gasteiger partial charge >= 0.3 is 6.18 Å². The summed E-state index contributed by atoms with van der Waals surface area (Å²) in [4.78, 5) is 13.1. The summed E-state index contributed by atoms with van der Waals surface area (Å²) < 4.78 is 36.0. The van der Waals surface area contributed by atoms with Crippen LogP contribution < -0.4 is 5.32 Å². The number of piperidine rings is 1.